The maximum atomic E-state index is 12.1. The number of aryl methyl sites for hydroxylation is 1. The van der Waals surface area contributed by atoms with Gasteiger partial charge in [0.15, 0.2) is 0 Å². The van der Waals surface area contributed by atoms with Gasteiger partial charge in [-0.05, 0) is 25.0 Å². The van der Waals surface area contributed by atoms with Gasteiger partial charge >= 0.3 is 5.97 Å². The molecule has 0 heterocycles. The molecule has 0 aliphatic rings. The molecule has 1 aromatic rings. The van der Waals surface area contributed by atoms with Gasteiger partial charge in [0.2, 0.25) is 10.0 Å². The summed E-state index contributed by atoms with van der Waals surface area (Å²) in [6, 6.07) is 6.61. The van der Waals surface area contributed by atoms with Crippen LogP contribution in [0.5, 0.6) is 0 Å². The van der Waals surface area contributed by atoms with E-state index in [4.69, 9.17) is 5.11 Å². The summed E-state index contributed by atoms with van der Waals surface area (Å²) in [7, 11) is -3.65. The normalized spacial score (nSPS) is 13.2. The van der Waals surface area contributed by atoms with Crippen LogP contribution in [0, 0.1) is 12.8 Å². The molecule has 19 heavy (non-hydrogen) atoms. The van der Waals surface area contributed by atoms with Gasteiger partial charge in [-0.25, -0.2) is 13.1 Å². The molecule has 0 bridgehead atoms. The van der Waals surface area contributed by atoms with Crippen molar-refractivity contribution in [2.24, 2.45) is 5.92 Å². The van der Waals surface area contributed by atoms with Crippen molar-refractivity contribution in [2.45, 2.75) is 31.6 Å². The number of hydrogen-bond donors (Lipinski definition) is 2. The minimum Gasteiger partial charge on any atom is -0.481 e. The van der Waals surface area contributed by atoms with Crippen LogP contribution in [0.3, 0.4) is 0 Å². The van der Waals surface area contributed by atoms with Crippen LogP contribution < -0.4 is 4.72 Å². The first kappa shape index (κ1) is 15.7. The van der Waals surface area contributed by atoms with Crippen LogP contribution in [0.1, 0.15) is 25.3 Å². The fraction of sp³-hybridized carbons (Fsp3) is 0.462. The maximum absolute atomic E-state index is 12.1. The minimum absolute atomic E-state index is 0.0835. The third-order valence-corrected chi connectivity index (χ3v) is 4.47. The van der Waals surface area contributed by atoms with Crippen LogP contribution >= 0.6 is 0 Å². The Labute approximate surface area is 113 Å². The van der Waals surface area contributed by atoms with Crippen LogP contribution in [-0.4, -0.2) is 26.0 Å². The smallest absolute Gasteiger partial charge is 0.307 e. The molecule has 0 spiro atoms. The number of rotatable bonds is 7. The lowest BCUT2D eigenvalue weighted by Gasteiger charge is -2.13. The number of carboxylic acids is 1. The molecule has 1 aromatic carbocycles. The SMILES string of the molecule is CCCC(CNS(=O)(=O)c1ccccc1C)C(=O)O. The van der Waals surface area contributed by atoms with Crippen molar-refractivity contribution in [1.82, 2.24) is 4.72 Å². The van der Waals surface area contributed by atoms with Gasteiger partial charge in [-0.1, -0.05) is 31.5 Å². The number of aliphatic carboxylic acids is 1. The molecule has 1 rings (SSSR count). The Morgan fingerprint density at radius 3 is 2.53 bits per heavy atom. The Kier molecular flexibility index (Phi) is 5.50. The van der Waals surface area contributed by atoms with Crippen molar-refractivity contribution in [3.05, 3.63) is 29.8 Å². The Hall–Kier alpha value is -1.40. The molecular weight excluding hydrogens is 266 g/mol. The third kappa shape index (κ3) is 4.33. The molecule has 5 nitrogen and oxygen atoms in total. The highest BCUT2D eigenvalue weighted by atomic mass is 32.2. The van der Waals surface area contributed by atoms with Gasteiger partial charge in [0.1, 0.15) is 0 Å². The summed E-state index contributed by atoms with van der Waals surface area (Å²) >= 11 is 0. The molecular formula is C13H19NO4S. The molecule has 1 unspecified atom stereocenters. The van der Waals surface area contributed by atoms with Crippen LogP contribution in [0.4, 0.5) is 0 Å². The zero-order chi connectivity index (χ0) is 14.5. The van der Waals surface area contributed by atoms with E-state index in [1.807, 2.05) is 6.92 Å². The van der Waals surface area contributed by atoms with E-state index in [-0.39, 0.29) is 11.4 Å². The molecule has 6 heteroatoms. The molecule has 1 atom stereocenters. The second-order valence-electron chi connectivity index (χ2n) is 4.44. The molecule has 0 saturated heterocycles. The van der Waals surface area contributed by atoms with Crippen LogP contribution in [-0.2, 0) is 14.8 Å². The lowest BCUT2D eigenvalue weighted by molar-refractivity contribution is -0.141. The van der Waals surface area contributed by atoms with Crippen molar-refractivity contribution < 1.29 is 18.3 Å². The van der Waals surface area contributed by atoms with Crippen molar-refractivity contribution >= 4 is 16.0 Å². The Morgan fingerprint density at radius 1 is 1.37 bits per heavy atom. The minimum atomic E-state index is -3.65. The van der Waals surface area contributed by atoms with E-state index in [9.17, 15) is 13.2 Å². The highest BCUT2D eigenvalue weighted by molar-refractivity contribution is 7.89. The van der Waals surface area contributed by atoms with Gasteiger partial charge in [0, 0.05) is 6.54 Å². The average molecular weight is 285 g/mol. The summed E-state index contributed by atoms with van der Waals surface area (Å²) in [5.41, 5.74) is 0.636. The highest BCUT2D eigenvalue weighted by Gasteiger charge is 2.21. The lowest BCUT2D eigenvalue weighted by Crippen LogP contribution is -2.33. The second-order valence-corrected chi connectivity index (χ2v) is 6.18. The molecule has 106 valence electrons. The predicted octanol–water partition coefficient (Wildman–Crippen LogP) is 1.77. The van der Waals surface area contributed by atoms with E-state index >= 15 is 0 Å². The van der Waals surface area contributed by atoms with Gasteiger partial charge in [-0.3, -0.25) is 4.79 Å². The van der Waals surface area contributed by atoms with E-state index < -0.39 is 21.9 Å². The van der Waals surface area contributed by atoms with Gasteiger partial charge < -0.3 is 5.11 Å². The van der Waals surface area contributed by atoms with Crippen LogP contribution in [0.15, 0.2) is 29.2 Å². The molecule has 0 radical (unpaired) electrons. The van der Waals surface area contributed by atoms with E-state index in [2.05, 4.69) is 4.72 Å². The van der Waals surface area contributed by atoms with Crippen LogP contribution in [0.2, 0.25) is 0 Å². The largest absolute Gasteiger partial charge is 0.481 e. The van der Waals surface area contributed by atoms with Crippen molar-refractivity contribution in [1.29, 1.82) is 0 Å². The van der Waals surface area contributed by atoms with Crippen molar-refractivity contribution in [2.75, 3.05) is 6.54 Å². The Balaban J connectivity index is 2.81. The summed E-state index contributed by atoms with van der Waals surface area (Å²) in [5, 5.41) is 8.99. The zero-order valence-corrected chi connectivity index (χ0v) is 11.9. The molecule has 2 N–H and O–H groups in total. The zero-order valence-electron chi connectivity index (χ0n) is 11.1. The summed E-state index contributed by atoms with van der Waals surface area (Å²) in [6.07, 6.45) is 1.15. The van der Waals surface area contributed by atoms with Gasteiger partial charge in [-0.15, -0.1) is 0 Å². The van der Waals surface area contributed by atoms with Crippen molar-refractivity contribution in [3.63, 3.8) is 0 Å². The number of sulfonamides is 1. The van der Waals surface area contributed by atoms with Gasteiger partial charge in [-0.2, -0.15) is 0 Å². The molecule has 0 amide bonds. The standard InChI is InChI=1S/C13H19NO4S/c1-3-6-11(13(15)16)9-14-19(17,18)12-8-5-4-7-10(12)2/h4-5,7-8,11,14H,3,6,9H2,1-2H3,(H,15,16). The summed E-state index contributed by atoms with van der Waals surface area (Å²) in [5.74, 6) is -1.67. The number of carboxylic acid groups (broad SMARTS) is 1. The monoisotopic (exact) mass is 285 g/mol. The number of benzene rings is 1. The van der Waals surface area contributed by atoms with Crippen molar-refractivity contribution in [3.8, 4) is 0 Å². The fourth-order valence-electron chi connectivity index (χ4n) is 1.81. The summed E-state index contributed by atoms with van der Waals surface area (Å²) in [6.45, 7) is 3.49. The van der Waals surface area contributed by atoms with E-state index in [0.717, 1.165) is 0 Å². The van der Waals surface area contributed by atoms with Gasteiger partial charge in [0.25, 0.3) is 0 Å². The predicted molar refractivity (Wildman–Crippen MR) is 72.4 cm³/mol. The third-order valence-electron chi connectivity index (χ3n) is 2.89. The first-order valence-corrected chi connectivity index (χ1v) is 7.65. The quantitative estimate of drug-likeness (QED) is 0.799. The molecule has 0 fully saturated rings. The van der Waals surface area contributed by atoms with Crippen LogP contribution in [0.25, 0.3) is 0 Å². The fourth-order valence-corrected chi connectivity index (χ4v) is 3.13. The first-order valence-electron chi connectivity index (χ1n) is 6.16. The molecule has 0 saturated carbocycles. The second kappa shape index (κ2) is 6.68. The molecule has 0 aromatic heterocycles. The Bertz CT molecular complexity index is 539. The highest BCUT2D eigenvalue weighted by Crippen LogP contribution is 2.14. The summed E-state index contributed by atoms with van der Waals surface area (Å²) < 4.78 is 26.5. The number of carbonyl (C=O) groups is 1. The van der Waals surface area contributed by atoms with Gasteiger partial charge in [0.05, 0.1) is 10.8 Å². The average Bonchev–Trinajstić information content (AvgIpc) is 2.34. The lowest BCUT2D eigenvalue weighted by atomic mass is 10.1. The first-order chi connectivity index (χ1) is 8.88. The van der Waals surface area contributed by atoms with E-state index in [0.29, 0.717) is 18.4 Å². The number of nitrogens with one attached hydrogen (secondary N) is 1. The Morgan fingerprint density at radius 2 is 2.00 bits per heavy atom. The number of hydrogen-bond acceptors (Lipinski definition) is 3. The molecule has 0 aliphatic heterocycles. The van der Waals surface area contributed by atoms with E-state index in [1.165, 1.54) is 6.07 Å². The molecule has 0 aliphatic carbocycles. The summed E-state index contributed by atoms with van der Waals surface area (Å²) in [4.78, 5) is 11.2. The van der Waals surface area contributed by atoms with E-state index in [1.54, 1.807) is 25.1 Å². The topological polar surface area (TPSA) is 83.5 Å². The maximum Gasteiger partial charge on any atom is 0.307 e.